The van der Waals surface area contributed by atoms with E-state index in [9.17, 15) is 9.59 Å². The number of hydrogen-bond donors (Lipinski definition) is 1. The molecule has 2 amide bonds. The van der Waals surface area contributed by atoms with E-state index in [-0.39, 0.29) is 11.8 Å². The molecule has 0 saturated heterocycles. The van der Waals surface area contributed by atoms with Gasteiger partial charge in [-0.25, -0.2) is 4.98 Å². The first kappa shape index (κ1) is 19.9. The summed E-state index contributed by atoms with van der Waals surface area (Å²) in [6.07, 6.45) is 1.62. The van der Waals surface area contributed by atoms with Crippen molar-refractivity contribution in [2.75, 3.05) is 26.6 Å². The third kappa shape index (κ3) is 3.39. The van der Waals surface area contributed by atoms with Gasteiger partial charge in [0, 0.05) is 23.7 Å². The van der Waals surface area contributed by atoms with Crippen molar-refractivity contribution in [3.05, 3.63) is 70.0 Å². The molecule has 1 N–H and O–H groups in total. The van der Waals surface area contributed by atoms with Crippen LogP contribution in [-0.2, 0) is 4.79 Å². The van der Waals surface area contributed by atoms with Gasteiger partial charge < -0.3 is 19.7 Å². The van der Waals surface area contributed by atoms with Crippen molar-refractivity contribution < 1.29 is 19.1 Å². The average molecular weight is 423 g/mol. The molecular weight excluding hydrogens is 402 g/mol. The number of amides is 2. The zero-order valence-corrected chi connectivity index (χ0v) is 17.6. The average Bonchev–Trinajstić information content (AvgIpc) is 3.30. The van der Waals surface area contributed by atoms with Crippen molar-refractivity contribution >= 4 is 29.0 Å². The highest BCUT2D eigenvalue weighted by atomic mass is 32.1. The lowest BCUT2D eigenvalue weighted by Gasteiger charge is -2.39. The first-order valence-corrected chi connectivity index (χ1v) is 10.2. The molecule has 30 heavy (non-hydrogen) atoms. The fourth-order valence-electron chi connectivity index (χ4n) is 3.79. The molecule has 0 fully saturated rings. The Kier molecular flexibility index (Phi) is 5.41. The van der Waals surface area contributed by atoms with Crippen molar-refractivity contribution in [3.8, 4) is 11.5 Å². The second-order valence-electron chi connectivity index (χ2n) is 6.85. The van der Waals surface area contributed by atoms with Gasteiger partial charge >= 0.3 is 0 Å². The molecule has 0 radical (unpaired) electrons. The van der Waals surface area contributed by atoms with Gasteiger partial charge in [0.25, 0.3) is 5.91 Å². The van der Waals surface area contributed by atoms with Crippen LogP contribution in [0.4, 0.5) is 5.82 Å². The summed E-state index contributed by atoms with van der Waals surface area (Å²) < 4.78 is 10.8. The lowest BCUT2D eigenvalue weighted by atomic mass is 9.81. The summed E-state index contributed by atoms with van der Waals surface area (Å²) in [6, 6.07) is 12.1. The summed E-state index contributed by atoms with van der Waals surface area (Å²) in [5.74, 6) is 0.286. The van der Waals surface area contributed by atoms with E-state index in [4.69, 9.17) is 9.47 Å². The Morgan fingerprint density at radius 2 is 1.90 bits per heavy atom. The van der Waals surface area contributed by atoms with E-state index in [0.717, 1.165) is 4.88 Å². The molecular formula is C22H21N3O4S. The number of nitrogens with one attached hydrogen (secondary N) is 1. The Morgan fingerprint density at radius 3 is 2.53 bits per heavy atom. The minimum atomic E-state index is -0.650. The van der Waals surface area contributed by atoms with Crippen LogP contribution in [0, 0.1) is 0 Å². The molecule has 0 spiro atoms. The molecule has 1 aliphatic rings. The van der Waals surface area contributed by atoms with E-state index < -0.39 is 12.0 Å². The zero-order valence-electron chi connectivity index (χ0n) is 16.8. The van der Waals surface area contributed by atoms with E-state index in [2.05, 4.69) is 10.3 Å². The minimum Gasteiger partial charge on any atom is -0.493 e. The van der Waals surface area contributed by atoms with Crippen LogP contribution < -0.4 is 14.8 Å². The standard InChI is InChI=1S/C22H21N3O4S/c1-25-20(17-7-6-10-30-17)19(21(26)24-18-8-4-5-9-23-18)13-11-15(28-2)16(29-3)12-14(13)22(25)27/h4-12,19-20H,1-3H3,(H,23,24,26)/t19-,20+/m0/s1. The van der Waals surface area contributed by atoms with Gasteiger partial charge in [-0.3, -0.25) is 9.59 Å². The van der Waals surface area contributed by atoms with Crippen molar-refractivity contribution in [1.82, 2.24) is 9.88 Å². The SMILES string of the molecule is COc1cc2c(cc1OC)[C@H](C(=O)Nc1ccccn1)[C@@H](c1cccs1)N(C)C2=O. The third-order valence-corrected chi connectivity index (χ3v) is 6.15. The zero-order chi connectivity index (χ0) is 21.3. The fraction of sp³-hybridized carbons (Fsp3) is 0.227. The van der Waals surface area contributed by atoms with Crippen LogP contribution in [0.1, 0.15) is 32.8 Å². The van der Waals surface area contributed by atoms with Crippen LogP contribution in [0.15, 0.2) is 54.0 Å². The molecule has 0 unspecified atom stereocenters. The Balaban J connectivity index is 1.87. The number of hydrogen-bond acceptors (Lipinski definition) is 6. The Bertz CT molecular complexity index is 1070. The molecule has 3 heterocycles. The number of thiophene rings is 1. The fourth-order valence-corrected chi connectivity index (χ4v) is 4.69. The van der Waals surface area contributed by atoms with Crippen molar-refractivity contribution in [2.24, 2.45) is 0 Å². The van der Waals surface area contributed by atoms with Gasteiger partial charge in [-0.15, -0.1) is 11.3 Å². The van der Waals surface area contributed by atoms with Crippen LogP contribution in [-0.4, -0.2) is 43.0 Å². The van der Waals surface area contributed by atoms with E-state index >= 15 is 0 Å². The summed E-state index contributed by atoms with van der Waals surface area (Å²) >= 11 is 1.51. The van der Waals surface area contributed by atoms with E-state index in [1.165, 1.54) is 25.6 Å². The highest BCUT2D eigenvalue weighted by molar-refractivity contribution is 7.10. The highest BCUT2D eigenvalue weighted by Gasteiger charge is 2.44. The van der Waals surface area contributed by atoms with Gasteiger partial charge in [-0.05, 0) is 41.3 Å². The predicted octanol–water partition coefficient (Wildman–Crippen LogP) is 3.71. The van der Waals surface area contributed by atoms with Gasteiger partial charge in [-0.2, -0.15) is 0 Å². The molecule has 0 saturated carbocycles. The van der Waals surface area contributed by atoms with Gasteiger partial charge in [0.05, 0.1) is 26.2 Å². The number of benzene rings is 1. The number of rotatable bonds is 5. The lowest BCUT2D eigenvalue weighted by Crippen LogP contribution is -2.43. The molecule has 1 aliphatic heterocycles. The molecule has 3 aromatic rings. The van der Waals surface area contributed by atoms with Crippen LogP contribution in [0.2, 0.25) is 0 Å². The van der Waals surface area contributed by atoms with Crippen molar-refractivity contribution in [2.45, 2.75) is 12.0 Å². The Hall–Kier alpha value is -3.39. The Morgan fingerprint density at radius 1 is 1.13 bits per heavy atom. The summed E-state index contributed by atoms with van der Waals surface area (Å²) in [5.41, 5.74) is 1.02. The second-order valence-corrected chi connectivity index (χ2v) is 7.83. The summed E-state index contributed by atoms with van der Waals surface area (Å²) in [7, 11) is 4.76. The number of fused-ring (bicyclic) bond motifs is 1. The largest absolute Gasteiger partial charge is 0.493 e. The molecule has 1 aromatic carbocycles. The minimum absolute atomic E-state index is 0.175. The van der Waals surface area contributed by atoms with E-state index in [1.54, 1.807) is 48.5 Å². The number of anilines is 1. The number of pyridine rings is 1. The monoisotopic (exact) mass is 423 g/mol. The maximum absolute atomic E-state index is 13.5. The van der Waals surface area contributed by atoms with Gasteiger partial charge in [-0.1, -0.05) is 12.1 Å². The predicted molar refractivity (Wildman–Crippen MR) is 114 cm³/mol. The van der Waals surface area contributed by atoms with Gasteiger partial charge in [0.1, 0.15) is 5.82 Å². The topological polar surface area (TPSA) is 80.8 Å². The maximum Gasteiger partial charge on any atom is 0.254 e. The number of likely N-dealkylation sites (N-methyl/N-ethyl adjacent to an activating group) is 1. The number of nitrogens with zero attached hydrogens (tertiary/aromatic N) is 2. The molecule has 2 atom stereocenters. The van der Waals surface area contributed by atoms with Gasteiger partial charge in [0.15, 0.2) is 11.5 Å². The van der Waals surface area contributed by atoms with Crippen molar-refractivity contribution in [3.63, 3.8) is 0 Å². The summed E-state index contributed by atoms with van der Waals surface area (Å²) in [6.45, 7) is 0. The van der Waals surface area contributed by atoms with E-state index in [1.807, 2.05) is 17.5 Å². The van der Waals surface area contributed by atoms with Crippen LogP contribution in [0.25, 0.3) is 0 Å². The summed E-state index contributed by atoms with van der Waals surface area (Å²) in [4.78, 5) is 33.4. The maximum atomic E-state index is 13.5. The number of carbonyl (C=O) groups excluding carboxylic acids is 2. The molecule has 0 aliphatic carbocycles. The van der Waals surface area contributed by atoms with Crippen LogP contribution in [0.3, 0.4) is 0 Å². The molecule has 2 aromatic heterocycles. The quantitative estimate of drug-likeness (QED) is 0.677. The van der Waals surface area contributed by atoms with Crippen molar-refractivity contribution in [1.29, 1.82) is 0 Å². The first-order chi connectivity index (χ1) is 14.5. The number of aromatic nitrogens is 1. The summed E-state index contributed by atoms with van der Waals surface area (Å²) in [5, 5.41) is 4.83. The first-order valence-electron chi connectivity index (χ1n) is 9.33. The molecule has 8 heteroatoms. The number of methoxy groups -OCH3 is 2. The van der Waals surface area contributed by atoms with Gasteiger partial charge in [0.2, 0.25) is 5.91 Å². The van der Waals surface area contributed by atoms with Crippen LogP contribution >= 0.6 is 11.3 Å². The second kappa shape index (κ2) is 8.16. The molecule has 154 valence electrons. The smallest absolute Gasteiger partial charge is 0.254 e. The van der Waals surface area contributed by atoms with Crippen LogP contribution in [0.5, 0.6) is 11.5 Å². The Labute approximate surface area is 178 Å². The number of ether oxygens (including phenoxy) is 2. The normalized spacial score (nSPS) is 18.0. The molecule has 0 bridgehead atoms. The highest BCUT2D eigenvalue weighted by Crippen LogP contribution is 2.46. The third-order valence-electron chi connectivity index (χ3n) is 5.21. The molecule has 7 nitrogen and oxygen atoms in total. The molecule has 4 rings (SSSR count). The lowest BCUT2D eigenvalue weighted by molar-refractivity contribution is -0.119. The number of carbonyl (C=O) groups is 2. The van der Waals surface area contributed by atoms with E-state index in [0.29, 0.717) is 28.4 Å².